The van der Waals surface area contributed by atoms with Gasteiger partial charge in [-0.15, -0.1) is 34.9 Å². The van der Waals surface area contributed by atoms with Crippen molar-refractivity contribution in [2.24, 2.45) is 4.99 Å². The molecule has 10 heteroatoms. The second-order valence-electron chi connectivity index (χ2n) is 5.87. The summed E-state index contributed by atoms with van der Waals surface area (Å²) < 4.78 is 16.6. The van der Waals surface area contributed by atoms with Crippen molar-refractivity contribution >= 4 is 56.1 Å². The second-order valence-corrected chi connectivity index (χ2v) is 9.07. The van der Waals surface area contributed by atoms with Crippen LogP contribution in [0.5, 0.6) is 5.75 Å². The molecule has 1 aliphatic rings. The van der Waals surface area contributed by atoms with E-state index in [2.05, 4.69) is 22.1 Å². The number of halogens is 1. The molecule has 30 heavy (non-hydrogen) atoms. The van der Waals surface area contributed by atoms with Crippen LogP contribution in [-0.2, 0) is 4.79 Å². The van der Waals surface area contributed by atoms with Gasteiger partial charge in [0.1, 0.15) is 15.8 Å². The maximum atomic E-state index is 11.1. The molecule has 6 nitrogen and oxygen atoms in total. The molecular formula is C20H18FN2O4S3-. The Balaban J connectivity index is 0.000000806. The van der Waals surface area contributed by atoms with E-state index in [-0.39, 0.29) is 0 Å². The van der Waals surface area contributed by atoms with Gasteiger partial charge in [0.25, 0.3) is 0 Å². The number of ether oxygens (including phenoxy) is 1. The van der Waals surface area contributed by atoms with Gasteiger partial charge in [-0.2, -0.15) is 0 Å². The predicted octanol–water partition coefficient (Wildman–Crippen LogP) is 3.69. The van der Waals surface area contributed by atoms with Gasteiger partial charge in [0, 0.05) is 23.3 Å². The first-order valence-corrected chi connectivity index (χ1v) is 11.7. The summed E-state index contributed by atoms with van der Waals surface area (Å²) in [7, 11) is 0. The minimum atomic E-state index is -1.50. The van der Waals surface area contributed by atoms with E-state index in [0.29, 0.717) is 17.4 Å². The van der Waals surface area contributed by atoms with Crippen molar-refractivity contribution in [1.82, 2.24) is 4.98 Å². The molecule has 0 saturated heterocycles. The highest BCUT2D eigenvalue weighted by molar-refractivity contribution is 8.15. The Kier molecular flexibility index (Phi) is 8.50. The van der Waals surface area contributed by atoms with Crippen LogP contribution in [0.15, 0.2) is 58.4 Å². The Morgan fingerprint density at radius 2 is 2.07 bits per heavy atom. The number of hydrogen-bond acceptors (Lipinski definition) is 8. The largest absolute Gasteiger partial charge is 0.830 e. The molecule has 158 valence electrons. The fourth-order valence-corrected chi connectivity index (χ4v) is 5.38. The van der Waals surface area contributed by atoms with Crippen LogP contribution in [0, 0.1) is 0 Å². The van der Waals surface area contributed by atoms with Gasteiger partial charge in [-0.05, 0) is 30.3 Å². The Morgan fingerprint density at radius 1 is 1.30 bits per heavy atom. The van der Waals surface area contributed by atoms with E-state index in [1.165, 1.54) is 28.0 Å². The van der Waals surface area contributed by atoms with Crippen molar-refractivity contribution in [3.05, 3.63) is 53.5 Å². The maximum Gasteiger partial charge on any atom is 0.329 e. The van der Waals surface area contributed by atoms with Crippen LogP contribution in [0.2, 0.25) is 0 Å². The quantitative estimate of drug-likeness (QED) is 0.420. The maximum absolute atomic E-state index is 11.1. The van der Waals surface area contributed by atoms with Crippen molar-refractivity contribution in [1.29, 1.82) is 0 Å². The molecule has 0 fully saturated rings. The van der Waals surface area contributed by atoms with Gasteiger partial charge in [-0.1, -0.05) is 18.2 Å². The van der Waals surface area contributed by atoms with E-state index in [1.807, 2.05) is 36.4 Å². The summed E-state index contributed by atoms with van der Waals surface area (Å²) in [6.45, 7) is -0.875. The van der Waals surface area contributed by atoms with E-state index in [9.17, 15) is 9.18 Å². The van der Waals surface area contributed by atoms with Crippen LogP contribution < -0.4 is 9.84 Å². The molecule has 1 aliphatic heterocycles. The zero-order valence-electron chi connectivity index (χ0n) is 15.7. The summed E-state index contributed by atoms with van der Waals surface area (Å²) in [6.07, 6.45) is 0. The number of rotatable bonds is 7. The smallest absolute Gasteiger partial charge is 0.329 e. The molecule has 1 aromatic heterocycles. The SMILES string of the molecule is O=C(O)[C@H]1CSC(c2nc3ccc(OCCSc4ccccc4)cc3s2)=N1.[O-]CF. The minimum absolute atomic E-state index is 0.466. The number of thiazole rings is 1. The third kappa shape index (κ3) is 6.18. The molecule has 2 heterocycles. The highest BCUT2D eigenvalue weighted by Gasteiger charge is 2.26. The molecule has 2 aromatic carbocycles. The normalized spacial score (nSPS) is 15.4. The molecule has 0 bridgehead atoms. The standard InChI is InChI=1S/C19H16N2O3S3.CH2FO/c22-19(23)15-11-26-17(21-15)18-20-14-7-6-12(10-16(14)27-18)24-8-9-25-13-4-2-1-3-5-13;2-1-3/h1-7,10,15H,8-9,11H2,(H,22,23);1H2/q;-1/t15-;/m1./s1. The second kappa shape index (κ2) is 11.3. The van der Waals surface area contributed by atoms with Gasteiger partial charge >= 0.3 is 5.97 Å². The lowest BCUT2D eigenvalue weighted by Gasteiger charge is -2.05. The number of aliphatic imine (C=N–C) groups is 1. The fourth-order valence-electron chi connectivity index (χ4n) is 2.54. The predicted molar refractivity (Wildman–Crippen MR) is 119 cm³/mol. The number of thioether (sulfide) groups is 2. The van der Waals surface area contributed by atoms with Crippen LogP contribution in [0.3, 0.4) is 0 Å². The minimum Gasteiger partial charge on any atom is -0.830 e. The lowest BCUT2D eigenvalue weighted by molar-refractivity contribution is -0.401. The molecule has 4 rings (SSSR count). The Labute approximate surface area is 185 Å². The van der Waals surface area contributed by atoms with Gasteiger partial charge in [0.05, 0.1) is 16.8 Å². The van der Waals surface area contributed by atoms with Gasteiger partial charge in [0.2, 0.25) is 0 Å². The van der Waals surface area contributed by atoms with Gasteiger partial charge in [-0.25, -0.2) is 9.78 Å². The van der Waals surface area contributed by atoms with E-state index < -0.39 is 18.9 Å². The van der Waals surface area contributed by atoms with Crippen molar-refractivity contribution in [3.63, 3.8) is 0 Å². The van der Waals surface area contributed by atoms with Gasteiger partial charge < -0.3 is 14.9 Å². The number of carbonyl (C=O) groups is 1. The van der Waals surface area contributed by atoms with Crippen LogP contribution in [0.25, 0.3) is 10.2 Å². The molecule has 1 N–H and O–H groups in total. The summed E-state index contributed by atoms with van der Waals surface area (Å²) >= 11 is 4.73. The number of nitrogens with zero attached hydrogens (tertiary/aromatic N) is 2. The highest BCUT2D eigenvalue weighted by Crippen LogP contribution is 2.31. The molecule has 0 radical (unpaired) electrons. The lowest BCUT2D eigenvalue weighted by Crippen LogP contribution is -2.17. The zero-order chi connectivity index (χ0) is 21.3. The monoisotopic (exact) mass is 465 g/mol. The van der Waals surface area contributed by atoms with Crippen molar-refractivity contribution < 1.29 is 24.1 Å². The first-order valence-electron chi connectivity index (χ1n) is 8.89. The number of carboxylic acid groups (broad SMARTS) is 1. The summed E-state index contributed by atoms with van der Waals surface area (Å²) in [5.74, 6) is 1.27. The number of aliphatic carboxylic acids is 1. The summed E-state index contributed by atoms with van der Waals surface area (Å²) in [5.41, 5.74) is 0.878. The average Bonchev–Trinajstić information content (AvgIpc) is 3.39. The molecular weight excluding hydrogens is 447 g/mol. The summed E-state index contributed by atoms with van der Waals surface area (Å²) in [6, 6.07) is 15.4. The number of alkyl halides is 1. The Bertz CT molecular complexity index is 1010. The fraction of sp³-hybridized carbons (Fsp3) is 0.250. The molecule has 0 amide bonds. The molecule has 1 atom stereocenters. The number of carboxylic acids is 1. The highest BCUT2D eigenvalue weighted by atomic mass is 32.2. The van der Waals surface area contributed by atoms with Gasteiger partial charge in [0.15, 0.2) is 6.04 Å². The van der Waals surface area contributed by atoms with Crippen LogP contribution in [-0.4, -0.2) is 52.1 Å². The number of aromatic nitrogens is 1. The molecule has 3 aromatic rings. The molecule has 0 aliphatic carbocycles. The first-order chi connectivity index (χ1) is 14.6. The van der Waals surface area contributed by atoms with E-state index in [1.54, 1.807) is 11.8 Å². The van der Waals surface area contributed by atoms with Gasteiger partial charge in [-0.3, -0.25) is 9.38 Å². The summed E-state index contributed by atoms with van der Waals surface area (Å²) in [4.78, 5) is 21.1. The number of benzene rings is 2. The van der Waals surface area contributed by atoms with Crippen LogP contribution in [0.4, 0.5) is 4.39 Å². The average molecular weight is 466 g/mol. The summed E-state index contributed by atoms with van der Waals surface area (Å²) in [5, 5.41) is 18.8. The Hall–Kier alpha value is -2.14. The molecule has 0 saturated carbocycles. The van der Waals surface area contributed by atoms with E-state index in [0.717, 1.165) is 26.7 Å². The number of hydrogen-bond donors (Lipinski definition) is 1. The molecule has 0 spiro atoms. The first kappa shape index (κ1) is 22.5. The third-order valence-electron chi connectivity index (χ3n) is 3.84. The third-order valence-corrected chi connectivity index (χ3v) is 7.03. The lowest BCUT2D eigenvalue weighted by atomic mass is 10.3. The van der Waals surface area contributed by atoms with Crippen LogP contribution >= 0.6 is 34.9 Å². The molecule has 0 unspecified atom stereocenters. The topological polar surface area (TPSA) is 94.8 Å². The van der Waals surface area contributed by atoms with Crippen molar-refractivity contribution in [3.8, 4) is 5.75 Å². The zero-order valence-corrected chi connectivity index (χ0v) is 18.1. The Morgan fingerprint density at radius 3 is 2.77 bits per heavy atom. The van der Waals surface area contributed by atoms with Crippen molar-refractivity contribution in [2.75, 3.05) is 25.0 Å². The van der Waals surface area contributed by atoms with Crippen molar-refractivity contribution in [2.45, 2.75) is 10.9 Å². The van der Waals surface area contributed by atoms with Crippen LogP contribution in [0.1, 0.15) is 5.01 Å². The van der Waals surface area contributed by atoms with E-state index in [4.69, 9.17) is 14.9 Å². The van der Waals surface area contributed by atoms with E-state index >= 15 is 0 Å². The number of fused-ring (bicyclic) bond motifs is 1.